The molecule has 55 heavy (non-hydrogen) atoms. The molecular weight excluding hydrogens is 725 g/mol. The Morgan fingerprint density at radius 3 is 2.04 bits per heavy atom. The van der Waals surface area contributed by atoms with Crippen LogP contribution in [0.1, 0.15) is 36.1 Å². The van der Waals surface area contributed by atoms with Crippen molar-refractivity contribution in [1.82, 2.24) is 36.2 Å². The Morgan fingerprint density at radius 1 is 0.745 bits per heavy atom. The maximum atomic E-state index is 14.0. The van der Waals surface area contributed by atoms with E-state index in [0.29, 0.717) is 16.8 Å². The summed E-state index contributed by atoms with van der Waals surface area (Å²) in [4.78, 5) is 111. The number of Topliss-reactive ketones (excluding diaryl/α,β-unsaturated/α-hetero) is 2. The third kappa shape index (κ3) is 12.3. The average molecular weight is 764 g/mol. The standard InChI is InChI=1S/C36H38FN7O11/c37-15-29(45)32(50)26(14-31(48)49)42-33(51)25(10-11-30(46)47)41-35(53)28(13-22-17-38-19-40-22)43-34(52)27(12-21-16-39-24-9-5-4-8-23(21)24)44-36(54)55-18-20-6-2-1-3-7-20/h1-9,16-17,19,25-28,39H,10-15,18H2,(H,38,40)(H,41,53)(H,42,51)(H,43,52)(H,44,54)(H,46,47)(H,48,49)/t25-,26-,27-,28-/m0/s1. The van der Waals surface area contributed by atoms with Crippen LogP contribution in [0.2, 0.25) is 0 Å². The fraction of sp³-hybridized carbons (Fsp3) is 0.306. The van der Waals surface area contributed by atoms with Crippen LogP contribution in [0.15, 0.2) is 73.3 Å². The van der Waals surface area contributed by atoms with Gasteiger partial charge in [-0.05, 0) is 23.6 Å². The lowest BCUT2D eigenvalue weighted by molar-refractivity contribution is -0.143. The van der Waals surface area contributed by atoms with Crippen molar-refractivity contribution in [3.63, 3.8) is 0 Å². The molecule has 0 saturated carbocycles. The van der Waals surface area contributed by atoms with E-state index in [2.05, 4.69) is 30.9 Å². The van der Waals surface area contributed by atoms with Gasteiger partial charge < -0.3 is 46.2 Å². The van der Waals surface area contributed by atoms with Crippen LogP contribution >= 0.6 is 0 Å². The second-order valence-corrected chi connectivity index (χ2v) is 12.2. The number of H-pyrrole nitrogens is 2. The maximum Gasteiger partial charge on any atom is 0.408 e. The molecule has 0 saturated heterocycles. The van der Waals surface area contributed by atoms with Gasteiger partial charge in [-0.15, -0.1) is 0 Å². The van der Waals surface area contributed by atoms with Crippen LogP contribution in [0.4, 0.5) is 9.18 Å². The number of aromatic nitrogens is 3. The number of nitrogens with one attached hydrogen (secondary N) is 6. The lowest BCUT2D eigenvalue weighted by Gasteiger charge is -2.26. The quantitative estimate of drug-likeness (QED) is 0.0549. The molecule has 0 unspecified atom stereocenters. The van der Waals surface area contributed by atoms with Gasteiger partial charge in [0.25, 0.3) is 0 Å². The van der Waals surface area contributed by atoms with E-state index in [1.165, 1.54) is 12.5 Å². The highest BCUT2D eigenvalue weighted by molar-refractivity contribution is 6.40. The Balaban J connectivity index is 1.58. The minimum Gasteiger partial charge on any atom is -0.481 e. The first-order valence-corrected chi connectivity index (χ1v) is 16.8. The molecule has 0 bridgehead atoms. The van der Waals surface area contributed by atoms with Crippen molar-refractivity contribution in [1.29, 1.82) is 0 Å². The number of ketones is 2. The van der Waals surface area contributed by atoms with E-state index >= 15 is 0 Å². The van der Waals surface area contributed by atoms with Crippen molar-refractivity contribution in [3.8, 4) is 0 Å². The topological polar surface area (TPSA) is 279 Å². The molecule has 0 spiro atoms. The monoisotopic (exact) mass is 763 g/mol. The number of amides is 4. The van der Waals surface area contributed by atoms with Gasteiger partial charge in [-0.3, -0.25) is 33.6 Å². The second kappa shape index (κ2) is 19.8. The van der Waals surface area contributed by atoms with E-state index in [0.717, 1.165) is 10.9 Å². The zero-order valence-corrected chi connectivity index (χ0v) is 29.1. The van der Waals surface area contributed by atoms with Gasteiger partial charge in [0, 0.05) is 48.3 Å². The number of hydrogen-bond acceptors (Lipinski definition) is 10. The van der Waals surface area contributed by atoms with E-state index in [4.69, 9.17) is 4.74 Å². The molecular formula is C36H38FN7O11. The first kappa shape index (κ1) is 40.8. The van der Waals surface area contributed by atoms with E-state index in [9.17, 15) is 53.0 Å². The van der Waals surface area contributed by atoms with Crippen LogP contribution in [-0.2, 0) is 57.7 Å². The summed E-state index contributed by atoms with van der Waals surface area (Å²) < 4.78 is 18.3. The van der Waals surface area contributed by atoms with E-state index in [1.54, 1.807) is 42.6 Å². The molecule has 0 radical (unpaired) electrons. The number of imidazole rings is 1. The first-order chi connectivity index (χ1) is 26.3. The summed E-state index contributed by atoms with van der Waals surface area (Å²) in [6.45, 7) is -1.88. The van der Waals surface area contributed by atoms with Crippen LogP contribution in [0.3, 0.4) is 0 Å². The van der Waals surface area contributed by atoms with Gasteiger partial charge in [0.2, 0.25) is 29.3 Å². The normalized spacial score (nSPS) is 13.0. The number of para-hydroxylation sites is 1. The Kier molecular flexibility index (Phi) is 14.7. The predicted octanol–water partition coefficient (Wildman–Crippen LogP) is 0.873. The number of alkyl halides is 1. The summed E-state index contributed by atoms with van der Waals surface area (Å²) in [5.41, 5.74) is 2.41. The van der Waals surface area contributed by atoms with Crippen molar-refractivity contribution < 1.29 is 57.7 Å². The zero-order valence-electron chi connectivity index (χ0n) is 29.1. The fourth-order valence-electron chi connectivity index (χ4n) is 5.46. The third-order valence-electron chi connectivity index (χ3n) is 8.22. The number of rotatable bonds is 21. The van der Waals surface area contributed by atoms with Crippen molar-refractivity contribution in [2.45, 2.75) is 62.9 Å². The summed E-state index contributed by atoms with van der Waals surface area (Å²) in [5, 5.41) is 28.7. The summed E-state index contributed by atoms with van der Waals surface area (Å²) in [7, 11) is 0. The molecule has 2 heterocycles. The minimum atomic E-state index is -2.03. The molecule has 290 valence electrons. The van der Waals surface area contributed by atoms with Gasteiger partial charge in [-0.1, -0.05) is 48.5 Å². The molecule has 19 heteroatoms. The van der Waals surface area contributed by atoms with E-state index in [-0.39, 0.29) is 19.4 Å². The number of benzene rings is 2. The summed E-state index contributed by atoms with van der Waals surface area (Å²) in [6.07, 6.45) is 0.646. The van der Waals surface area contributed by atoms with E-state index in [1.807, 2.05) is 23.5 Å². The fourth-order valence-corrected chi connectivity index (χ4v) is 5.46. The van der Waals surface area contributed by atoms with Crippen molar-refractivity contribution in [2.24, 2.45) is 0 Å². The molecule has 4 aromatic rings. The summed E-state index contributed by atoms with van der Waals surface area (Å²) in [5.74, 6) is -9.32. The van der Waals surface area contributed by atoms with Gasteiger partial charge in [-0.2, -0.15) is 0 Å². The number of nitrogens with zero attached hydrogens (tertiary/aromatic N) is 1. The number of carbonyl (C=O) groups is 8. The highest BCUT2D eigenvalue weighted by Gasteiger charge is 2.34. The number of fused-ring (bicyclic) bond motifs is 1. The predicted molar refractivity (Wildman–Crippen MR) is 189 cm³/mol. The Labute approximate surface area is 311 Å². The molecule has 0 aliphatic rings. The molecule has 18 nitrogen and oxygen atoms in total. The Morgan fingerprint density at radius 2 is 1.38 bits per heavy atom. The number of hydrogen-bond donors (Lipinski definition) is 8. The number of aromatic amines is 2. The van der Waals surface area contributed by atoms with E-state index < -0.39 is 97.4 Å². The number of ether oxygens (including phenoxy) is 1. The van der Waals surface area contributed by atoms with Crippen molar-refractivity contribution in [2.75, 3.05) is 6.67 Å². The average Bonchev–Trinajstić information content (AvgIpc) is 3.84. The van der Waals surface area contributed by atoms with Gasteiger partial charge in [0.05, 0.1) is 12.7 Å². The Bertz CT molecular complexity index is 2000. The molecule has 4 rings (SSSR count). The highest BCUT2D eigenvalue weighted by atomic mass is 19.1. The van der Waals surface area contributed by atoms with Gasteiger partial charge in [0.15, 0.2) is 6.67 Å². The number of carboxylic acids is 2. The molecule has 4 amide bonds. The van der Waals surface area contributed by atoms with Crippen LogP contribution in [0.25, 0.3) is 10.9 Å². The molecule has 8 N–H and O–H groups in total. The highest BCUT2D eigenvalue weighted by Crippen LogP contribution is 2.19. The smallest absolute Gasteiger partial charge is 0.408 e. The number of carboxylic acid groups (broad SMARTS) is 2. The van der Waals surface area contributed by atoms with Crippen LogP contribution in [-0.4, -0.2) is 103 Å². The number of alkyl carbamates (subject to hydrolysis) is 1. The van der Waals surface area contributed by atoms with Crippen molar-refractivity contribution in [3.05, 3.63) is 90.1 Å². The lowest BCUT2D eigenvalue weighted by Crippen LogP contribution is -2.59. The molecule has 0 fully saturated rings. The van der Waals surface area contributed by atoms with Gasteiger partial charge >= 0.3 is 18.0 Å². The third-order valence-corrected chi connectivity index (χ3v) is 8.22. The molecule has 2 aromatic heterocycles. The van der Waals surface area contributed by atoms with Crippen molar-refractivity contribution >= 4 is 58.2 Å². The largest absolute Gasteiger partial charge is 0.481 e. The van der Waals surface area contributed by atoms with Crippen LogP contribution < -0.4 is 21.3 Å². The summed E-state index contributed by atoms with van der Waals surface area (Å²) >= 11 is 0. The number of carbonyl (C=O) groups excluding carboxylic acids is 6. The SMILES string of the molecule is O=C(O)CC[C@H](NC(=O)[C@H](Cc1cnc[nH]1)NC(=O)[C@H](Cc1c[nH]c2ccccc12)NC(=O)OCc1ccccc1)C(=O)N[C@@H](CC(=O)O)C(=O)C(=O)CF. The molecule has 4 atom stereocenters. The number of halogens is 1. The molecule has 2 aromatic carbocycles. The van der Waals surface area contributed by atoms with Gasteiger partial charge in [-0.25, -0.2) is 14.2 Å². The Hall–Kier alpha value is -6.92. The van der Waals surface area contributed by atoms with Crippen LogP contribution in [0.5, 0.6) is 0 Å². The molecule has 0 aliphatic heterocycles. The maximum absolute atomic E-state index is 14.0. The number of aliphatic carboxylic acids is 2. The van der Waals surface area contributed by atoms with Gasteiger partial charge in [0.1, 0.15) is 30.8 Å². The second-order valence-electron chi connectivity index (χ2n) is 12.2. The summed E-state index contributed by atoms with van der Waals surface area (Å²) in [6, 6.07) is 9.37. The lowest BCUT2D eigenvalue weighted by atomic mass is 10.0. The minimum absolute atomic E-state index is 0.0745. The first-order valence-electron chi connectivity index (χ1n) is 16.8. The molecule has 0 aliphatic carbocycles. The van der Waals surface area contributed by atoms with Crippen LogP contribution in [0, 0.1) is 0 Å². The zero-order chi connectivity index (χ0) is 39.9.